The zero-order valence-corrected chi connectivity index (χ0v) is 17.1. The lowest BCUT2D eigenvalue weighted by atomic mass is 9.83. The number of nitrogens with zero attached hydrogens (tertiary/aromatic N) is 1. The summed E-state index contributed by atoms with van der Waals surface area (Å²) in [5.74, 6) is -6.04. The molecular weight excluding hydrogens is 412 g/mol. The summed E-state index contributed by atoms with van der Waals surface area (Å²) in [6.07, 6.45) is 1.91. The lowest BCUT2D eigenvalue weighted by molar-refractivity contribution is -0.0692. The van der Waals surface area contributed by atoms with Crippen LogP contribution >= 0.6 is 0 Å². The molecular formula is C19H24F4N2O3S. The average Bonchev–Trinajstić information content (AvgIpc) is 2.58. The van der Waals surface area contributed by atoms with Crippen LogP contribution in [0.15, 0.2) is 29.7 Å². The normalized spacial score (nSPS) is 22.0. The van der Waals surface area contributed by atoms with Crippen molar-refractivity contribution in [1.82, 2.24) is 10.2 Å². The number of hydrogen-bond acceptors (Lipinski definition) is 3. The van der Waals surface area contributed by atoms with Crippen molar-refractivity contribution in [1.29, 1.82) is 0 Å². The van der Waals surface area contributed by atoms with Crippen LogP contribution < -0.4 is 5.32 Å². The number of carbonyl (C=O) groups is 1. The van der Waals surface area contributed by atoms with Crippen molar-refractivity contribution in [2.45, 2.75) is 44.7 Å². The number of sulfone groups is 1. The monoisotopic (exact) mass is 436 g/mol. The third-order valence-electron chi connectivity index (χ3n) is 4.88. The van der Waals surface area contributed by atoms with Gasteiger partial charge in [0.15, 0.2) is 9.84 Å². The van der Waals surface area contributed by atoms with Gasteiger partial charge < -0.3 is 10.2 Å². The van der Waals surface area contributed by atoms with Crippen molar-refractivity contribution >= 4 is 15.9 Å². The number of hydrogen-bond donors (Lipinski definition) is 1. The fraction of sp³-hybridized carbons (Fsp3) is 0.526. The molecule has 1 aromatic carbocycles. The molecule has 1 aliphatic rings. The van der Waals surface area contributed by atoms with Gasteiger partial charge >= 0.3 is 6.03 Å². The van der Waals surface area contributed by atoms with Crippen molar-refractivity contribution < 1.29 is 30.8 Å². The van der Waals surface area contributed by atoms with E-state index in [1.54, 1.807) is 0 Å². The Hall–Kier alpha value is -2.10. The van der Waals surface area contributed by atoms with Crippen LogP contribution in [0.1, 0.15) is 38.3 Å². The highest BCUT2D eigenvalue weighted by Gasteiger charge is 2.43. The largest absolute Gasteiger partial charge is 0.332 e. The molecule has 2 amide bonds. The van der Waals surface area contributed by atoms with E-state index in [1.165, 1.54) is 13.0 Å². The van der Waals surface area contributed by atoms with E-state index in [4.69, 9.17) is 0 Å². The van der Waals surface area contributed by atoms with Gasteiger partial charge in [0.05, 0.1) is 6.04 Å². The Labute approximate surface area is 167 Å². The van der Waals surface area contributed by atoms with Crippen molar-refractivity contribution in [3.63, 3.8) is 0 Å². The van der Waals surface area contributed by atoms with Gasteiger partial charge in [-0.1, -0.05) is 12.1 Å². The maximum absolute atomic E-state index is 14.3. The summed E-state index contributed by atoms with van der Waals surface area (Å²) in [4.78, 5) is 13.8. The fourth-order valence-electron chi connectivity index (χ4n) is 3.36. The highest BCUT2D eigenvalue weighted by atomic mass is 32.2. The molecule has 1 N–H and O–H groups in total. The van der Waals surface area contributed by atoms with Crippen LogP contribution in [0.3, 0.4) is 0 Å². The van der Waals surface area contributed by atoms with Gasteiger partial charge in [-0.3, -0.25) is 0 Å². The smallest absolute Gasteiger partial charge is 0.318 e. The molecule has 1 fully saturated rings. The zero-order chi connectivity index (χ0) is 22.0. The summed E-state index contributed by atoms with van der Waals surface area (Å²) >= 11 is 0. The van der Waals surface area contributed by atoms with E-state index in [2.05, 4.69) is 5.32 Å². The Morgan fingerprint density at radius 1 is 1.31 bits per heavy atom. The van der Waals surface area contributed by atoms with Crippen LogP contribution in [-0.4, -0.2) is 44.1 Å². The van der Waals surface area contributed by atoms with E-state index >= 15 is 0 Å². The molecule has 3 atom stereocenters. The van der Waals surface area contributed by atoms with Gasteiger partial charge in [0.2, 0.25) is 5.92 Å². The Kier molecular flexibility index (Phi) is 6.97. The van der Waals surface area contributed by atoms with Crippen LogP contribution in [0.25, 0.3) is 0 Å². The number of rotatable bonds is 5. The molecule has 1 heterocycles. The van der Waals surface area contributed by atoms with Crippen LogP contribution in [-0.2, 0) is 9.84 Å². The number of likely N-dealkylation sites (tertiary alicyclic amines) is 1. The summed E-state index contributed by atoms with van der Waals surface area (Å²) in [7, 11) is -3.40. The molecule has 29 heavy (non-hydrogen) atoms. The number of alkyl halides is 2. The van der Waals surface area contributed by atoms with Gasteiger partial charge in [0, 0.05) is 35.7 Å². The molecule has 0 saturated carbocycles. The summed E-state index contributed by atoms with van der Waals surface area (Å²) < 4.78 is 78.8. The molecule has 0 aliphatic carbocycles. The van der Waals surface area contributed by atoms with Crippen LogP contribution in [0.5, 0.6) is 0 Å². The van der Waals surface area contributed by atoms with Crippen LogP contribution in [0, 0.1) is 17.6 Å². The second-order valence-electron chi connectivity index (χ2n) is 7.42. The minimum Gasteiger partial charge on any atom is -0.332 e. The van der Waals surface area contributed by atoms with Gasteiger partial charge in [-0.25, -0.2) is 30.8 Å². The van der Waals surface area contributed by atoms with Gasteiger partial charge in [-0.2, -0.15) is 0 Å². The molecule has 1 aromatic rings. The van der Waals surface area contributed by atoms with Gasteiger partial charge in [-0.05, 0) is 38.8 Å². The highest BCUT2D eigenvalue weighted by molar-refractivity contribution is 7.93. The first kappa shape index (κ1) is 23.2. The number of benzene rings is 1. The number of carbonyl (C=O) groups excluding carboxylic acids is 1. The van der Waals surface area contributed by atoms with Crippen molar-refractivity contribution in [3.8, 4) is 0 Å². The Morgan fingerprint density at radius 3 is 2.41 bits per heavy atom. The zero-order valence-electron chi connectivity index (χ0n) is 16.3. The maximum atomic E-state index is 14.3. The SMILES string of the molecule is C[C@@H](/C=C/S(C)(=O)=O)NC(=O)N1CC[C@H](C(C)(F)F)C[C@@H]1c1c(F)cccc1F. The predicted octanol–water partition coefficient (Wildman–Crippen LogP) is 4.03. The van der Waals surface area contributed by atoms with Crippen molar-refractivity contribution in [3.05, 3.63) is 46.9 Å². The molecule has 0 radical (unpaired) electrons. The molecule has 162 valence electrons. The number of urea groups is 1. The van der Waals surface area contributed by atoms with E-state index in [1.807, 2.05) is 0 Å². The molecule has 1 saturated heterocycles. The Balaban J connectivity index is 2.31. The molecule has 0 unspecified atom stereocenters. The van der Waals surface area contributed by atoms with Gasteiger partial charge in [0.1, 0.15) is 11.6 Å². The molecule has 0 spiro atoms. The van der Waals surface area contributed by atoms with E-state index in [9.17, 15) is 30.8 Å². The number of piperidine rings is 1. The molecule has 1 aliphatic heterocycles. The third kappa shape index (κ3) is 6.19. The minimum atomic E-state index is -3.40. The van der Waals surface area contributed by atoms with E-state index in [0.29, 0.717) is 0 Å². The number of amides is 2. The van der Waals surface area contributed by atoms with Gasteiger partial charge in [-0.15, -0.1) is 0 Å². The van der Waals surface area contributed by atoms with E-state index in [0.717, 1.165) is 41.7 Å². The van der Waals surface area contributed by atoms with Crippen molar-refractivity contribution in [2.75, 3.05) is 12.8 Å². The lowest BCUT2D eigenvalue weighted by Gasteiger charge is -2.41. The fourth-order valence-corrected chi connectivity index (χ4v) is 3.88. The topological polar surface area (TPSA) is 66.5 Å². The molecule has 10 heteroatoms. The first-order valence-corrected chi connectivity index (χ1v) is 11.0. The van der Waals surface area contributed by atoms with Crippen LogP contribution in [0.4, 0.5) is 22.4 Å². The van der Waals surface area contributed by atoms with Crippen molar-refractivity contribution in [2.24, 2.45) is 5.92 Å². The molecule has 2 rings (SSSR count). The van der Waals surface area contributed by atoms with E-state index in [-0.39, 0.29) is 19.4 Å². The molecule has 5 nitrogen and oxygen atoms in total. The lowest BCUT2D eigenvalue weighted by Crippen LogP contribution is -2.50. The van der Waals surface area contributed by atoms with Gasteiger partial charge in [0.25, 0.3) is 0 Å². The number of halogens is 4. The average molecular weight is 436 g/mol. The number of nitrogens with one attached hydrogen (secondary N) is 1. The second kappa shape index (κ2) is 8.73. The summed E-state index contributed by atoms with van der Waals surface area (Å²) in [6, 6.07) is 0.548. The predicted molar refractivity (Wildman–Crippen MR) is 101 cm³/mol. The Bertz CT molecular complexity index is 864. The molecule has 0 aromatic heterocycles. The summed E-state index contributed by atoms with van der Waals surface area (Å²) in [5, 5.41) is 3.44. The first-order valence-electron chi connectivity index (χ1n) is 9.06. The maximum Gasteiger partial charge on any atom is 0.318 e. The minimum absolute atomic E-state index is 0.0307. The summed E-state index contributed by atoms with van der Waals surface area (Å²) in [5.41, 5.74) is -0.434. The highest BCUT2D eigenvalue weighted by Crippen LogP contribution is 2.42. The first-order chi connectivity index (χ1) is 13.3. The quantitative estimate of drug-likeness (QED) is 0.709. The van der Waals surface area contributed by atoms with Crippen LogP contribution in [0.2, 0.25) is 0 Å². The Morgan fingerprint density at radius 2 is 1.90 bits per heavy atom. The summed E-state index contributed by atoms with van der Waals surface area (Å²) in [6.45, 7) is 2.15. The second-order valence-corrected chi connectivity index (χ2v) is 9.35. The standard InChI is InChI=1S/C19H24F4N2O3S/c1-12(8-10-29(3,27)28)24-18(26)25-9-7-13(19(2,22)23)11-16(25)17-14(20)5-4-6-15(17)21/h4-6,8,10,12-13,16H,7,9,11H2,1-3H3,(H,24,26)/b10-8+/t12-,13-,16+/m0/s1. The molecule has 0 bridgehead atoms. The third-order valence-corrected chi connectivity index (χ3v) is 5.53. The van der Waals surface area contributed by atoms with E-state index < -0.39 is 57.0 Å².